The lowest BCUT2D eigenvalue weighted by Gasteiger charge is -2.16. The van der Waals surface area contributed by atoms with Crippen molar-refractivity contribution in [3.8, 4) is 0 Å². The first kappa shape index (κ1) is 14.2. The molecule has 0 heterocycles. The van der Waals surface area contributed by atoms with E-state index in [4.69, 9.17) is 9.47 Å². The third-order valence-corrected chi connectivity index (χ3v) is 2.28. The van der Waals surface area contributed by atoms with Crippen LogP contribution in [0.1, 0.15) is 36.7 Å². The van der Waals surface area contributed by atoms with Gasteiger partial charge in [0.2, 0.25) is 6.79 Å². The number of carbonyl (C=O) groups excluding carboxylic acids is 2. The monoisotopic (exact) mass is 250 g/mol. The van der Waals surface area contributed by atoms with Crippen LogP contribution in [0.5, 0.6) is 0 Å². The van der Waals surface area contributed by atoms with Crippen LogP contribution in [-0.4, -0.2) is 18.7 Å². The maximum absolute atomic E-state index is 11.6. The Morgan fingerprint density at radius 1 is 1.06 bits per heavy atom. The Bertz CT molecular complexity index is 426. The van der Waals surface area contributed by atoms with Gasteiger partial charge in [-0.3, -0.25) is 4.79 Å². The van der Waals surface area contributed by atoms with E-state index in [1.807, 2.05) is 19.1 Å². The van der Waals surface area contributed by atoms with Gasteiger partial charge in [0.15, 0.2) is 0 Å². The lowest BCUT2D eigenvalue weighted by molar-refractivity contribution is -0.161. The zero-order valence-corrected chi connectivity index (χ0v) is 11.1. The first-order chi connectivity index (χ1) is 8.30. The topological polar surface area (TPSA) is 52.6 Å². The average molecular weight is 250 g/mol. The van der Waals surface area contributed by atoms with Crippen LogP contribution in [0.15, 0.2) is 24.3 Å². The summed E-state index contributed by atoms with van der Waals surface area (Å²) in [6, 6.07) is 6.97. The molecular formula is C14H18O4. The summed E-state index contributed by atoms with van der Waals surface area (Å²) in [5.41, 5.74) is 0.897. The van der Waals surface area contributed by atoms with Crippen molar-refractivity contribution in [3.05, 3.63) is 35.4 Å². The van der Waals surface area contributed by atoms with E-state index in [2.05, 4.69) is 0 Å². The molecule has 0 atom stereocenters. The molecule has 4 nitrogen and oxygen atoms in total. The summed E-state index contributed by atoms with van der Waals surface area (Å²) in [6.45, 7) is 6.77. The fourth-order valence-electron chi connectivity index (χ4n) is 1.13. The van der Waals surface area contributed by atoms with Gasteiger partial charge < -0.3 is 9.47 Å². The Kier molecular flexibility index (Phi) is 4.48. The number of benzene rings is 1. The zero-order chi connectivity index (χ0) is 13.8. The molecule has 0 spiro atoms. The molecule has 0 N–H and O–H groups in total. The van der Waals surface area contributed by atoms with Gasteiger partial charge in [-0.2, -0.15) is 0 Å². The minimum absolute atomic E-state index is 0.358. The van der Waals surface area contributed by atoms with Crippen molar-refractivity contribution in [2.75, 3.05) is 6.79 Å². The maximum Gasteiger partial charge on any atom is 0.340 e. The first-order valence-electron chi connectivity index (χ1n) is 5.72. The molecule has 0 aliphatic rings. The summed E-state index contributed by atoms with van der Waals surface area (Å²) in [4.78, 5) is 23.0. The van der Waals surface area contributed by atoms with Gasteiger partial charge in [-0.1, -0.05) is 17.7 Å². The summed E-state index contributed by atoms with van der Waals surface area (Å²) in [5, 5.41) is 0. The van der Waals surface area contributed by atoms with E-state index < -0.39 is 17.4 Å². The van der Waals surface area contributed by atoms with Crippen molar-refractivity contribution >= 4 is 11.9 Å². The second kappa shape index (κ2) is 5.67. The van der Waals surface area contributed by atoms with Crippen molar-refractivity contribution in [1.29, 1.82) is 0 Å². The average Bonchev–Trinajstić information content (AvgIpc) is 2.28. The lowest BCUT2D eigenvalue weighted by Crippen LogP contribution is -2.24. The number of hydrogen-bond acceptors (Lipinski definition) is 4. The van der Waals surface area contributed by atoms with Crippen LogP contribution in [0.4, 0.5) is 0 Å². The van der Waals surface area contributed by atoms with Gasteiger partial charge in [-0.15, -0.1) is 0 Å². The molecule has 0 aliphatic heterocycles. The third-order valence-electron chi connectivity index (χ3n) is 2.28. The van der Waals surface area contributed by atoms with Gasteiger partial charge in [0.05, 0.1) is 11.0 Å². The third kappa shape index (κ3) is 4.20. The molecule has 0 fully saturated rings. The Morgan fingerprint density at radius 3 is 2.11 bits per heavy atom. The molecule has 1 aromatic rings. The van der Waals surface area contributed by atoms with E-state index in [1.165, 1.54) is 0 Å². The summed E-state index contributed by atoms with van der Waals surface area (Å²) in [5.74, 6) is -0.907. The van der Waals surface area contributed by atoms with Crippen LogP contribution in [0.3, 0.4) is 0 Å². The van der Waals surface area contributed by atoms with E-state index in [-0.39, 0.29) is 6.79 Å². The van der Waals surface area contributed by atoms with Gasteiger partial charge in [0.25, 0.3) is 0 Å². The molecule has 0 bridgehead atoms. The standard InChI is InChI=1S/C14H18O4/c1-10-5-7-11(8-6-10)12(15)17-9-18-13(16)14(2,3)4/h5-8H,9H2,1-4H3. The highest BCUT2D eigenvalue weighted by molar-refractivity contribution is 5.89. The number of hydrogen-bond donors (Lipinski definition) is 0. The van der Waals surface area contributed by atoms with Crippen molar-refractivity contribution in [1.82, 2.24) is 0 Å². The van der Waals surface area contributed by atoms with Crippen LogP contribution >= 0.6 is 0 Å². The molecule has 1 rings (SSSR count). The Balaban J connectivity index is 2.43. The van der Waals surface area contributed by atoms with E-state index in [0.717, 1.165) is 5.56 Å². The minimum atomic E-state index is -0.601. The summed E-state index contributed by atoms with van der Waals surface area (Å²) in [6.07, 6.45) is 0. The second-order valence-corrected chi connectivity index (χ2v) is 5.10. The molecule has 98 valence electrons. The molecule has 4 heteroatoms. The lowest BCUT2D eigenvalue weighted by atomic mass is 9.98. The fourth-order valence-corrected chi connectivity index (χ4v) is 1.13. The number of carbonyl (C=O) groups is 2. The van der Waals surface area contributed by atoms with Crippen LogP contribution in [0.2, 0.25) is 0 Å². The van der Waals surface area contributed by atoms with Crippen molar-refractivity contribution in [2.24, 2.45) is 5.41 Å². The predicted octanol–water partition coefficient (Wildman–Crippen LogP) is 2.70. The summed E-state index contributed by atoms with van der Waals surface area (Å²) >= 11 is 0. The van der Waals surface area contributed by atoms with E-state index in [9.17, 15) is 9.59 Å². The van der Waals surface area contributed by atoms with Gasteiger partial charge in [0.1, 0.15) is 0 Å². The molecule has 18 heavy (non-hydrogen) atoms. The normalized spacial score (nSPS) is 10.9. The van der Waals surface area contributed by atoms with E-state index in [1.54, 1.807) is 32.9 Å². The van der Waals surface area contributed by atoms with E-state index >= 15 is 0 Å². The molecule has 0 aliphatic carbocycles. The number of ether oxygens (including phenoxy) is 2. The molecule has 1 aromatic carbocycles. The highest BCUT2D eigenvalue weighted by Crippen LogP contribution is 2.15. The highest BCUT2D eigenvalue weighted by atomic mass is 16.7. The molecule has 0 aromatic heterocycles. The molecule has 0 saturated carbocycles. The number of esters is 2. The highest BCUT2D eigenvalue weighted by Gasteiger charge is 2.23. The van der Waals surface area contributed by atoms with Gasteiger partial charge in [-0.25, -0.2) is 4.79 Å². The molecule has 0 amide bonds. The number of aryl methyl sites for hydroxylation is 1. The molecule has 0 saturated heterocycles. The van der Waals surface area contributed by atoms with Crippen molar-refractivity contribution < 1.29 is 19.1 Å². The van der Waals surface area contributed by atoms with Gasteiger partial charge in [-0.05, 0) is 39.8 Å². The molecule has 0 radical (unpaired) electrons. The smallest absolute Gasteiger partial charge is 0.340 e. The Hall–Kier alpha value is -1.84. The van der Waals surface area contributed by atoms with Gasteiger partial charge >= 0.3 is 11.9 Å². The zero-order valence-electron chi connectivity index (χ0n) is 11.1. The quantitative estimate of drug-likeness (QED) is 0.611. The SMILES string of the molecule is Cc1ccc(C(=O)OCOC(=O)C(C)(C)C)cc1. The predicted molar refractivity (Wildman–Crippen MR) is 67.0 cm³/mol. The largest absolute Gasteiger partial charge is 0.427 e. The summed E-state index contributed by atoms with van der Waals surface area (Å²) in [7, 11) is 0. The number of rotatable bonds is 3. The second-order valence-electron chi connectivity index (χ2n) is 5.10. The summed E-state index contributed by atoms with van der Waals surface area (Å²) < 4.78 is 9.69. The Morgan fingerprint density at radius 2 is 1.61 bits per heavy atom. The fraction of sp³-hybridized carbons (Fsp3) is 0.429. The van der Waals surface area contributed by atoms with Crippen molar-refractivity contribution in [2.45, 2.75) is 27.7 Å². The maximum atomic E-state index is 11.6. The first-order valence-corrected chi connectivity index (χ1v) is 5.72. The van der Waals surface area contributed by atoms with Crippen LogP contribution in [0.25, 0.3) is 0 Å². The van der Waals surface area contributed by atoms with E-state index in [0.29, 0.717) is 5.56 Å². The van der Waals surface area contributed by atoms with Gasteiger partial charge in [0, 0.05) is 0 Å². The Labute approximate surface area is 107 Å². The molecular weight excluding hydrogens is 232 g/mol. The van der Waals surface area contributed by atoms with Crippen LogP contribution in [-0.2, 0) is 14.3 Å². The molecule has 0 unspecified atom stereocenters. The van der Waals surface area contributed by atoms with Crippen LogP contribution < -0.4 is 0 Å². The van der Waals surface area contributed by atoms with Crippen LogP contribution in [0, 0.1) is 12.3 Å². The minimum Gasteiger partial charge on any atom is -0.427 e. The van der Waals surface area contributed by atoms with Crippen molar-refractivity contribution in [3.63, 3.8) is 0 Å².